The Balaban J connectivity index is 2.42. The smallest absolute Gasteiger partial charge is 0.244 e. The maximum absolute atomic E-state index is 14.3. The average Bonchev–Trinajstić information content (AvgIpc) is 2.81. The molecule has 0 saturated carbocycles. The van der Waals surface area contributed by atoms with Crippen molar-refractivity contribution in [3.63, 3.8) is 0 Å². The van der Waals surface area contributed by atoms with Crippen molar-refractivity contribution in [2.45, 2.75) is 83.4 Å². The van der Waals surface area contributed by atoms with Crippen molar-refractivity contribution < 1.29 is 23.3 Å². The Hall–Kier alpha value is -1.40. The first kappa shape index (κ1) is 26.8. The Morgan fingerprint density at radius 2 is 1.56 bits per heavy atom. The summed E-state index contributed by atoms with van der Waals surface area (Å²) in [4.78, 5) is 3.01. The van der Waals surface area contributed by atoms with Crippen LogP contribution in [0, 0.1) is 0 Å². The molecule has 0 aromatic heterocycles. The molecule has 8 nitrogen and oxygen atoms in total. The molecule has 1 aliphatic heterocycles. The highest BCUT2D eigenvalue weighted by Crippen LogP contribution is 2.58. The highest BCUT2D eigenvalue weighted by molar-refractivity contribution is 7.67. The summed E-state index contributed by atoms with van der Waals surface area (Å²) in [6.07, 6.45) is 3.79. The van der Waals surface area contributed by atoms with Gasteiger partial charge in [0, 0.05) is 30.0 Å². The number of hydrogen-bond acceptors (Lipinski definition) is 6. The van der Waals surface area contributed by atoms with Gasteiger partial charge in [0.05, 0.1) is 6.61 Å². The third-order valence-electron chi connectivity index (χ3n) is 5.45. The van der Waals surface area contributed by atoms with Crippen molar-refractivity contribution in [3.05, 3.63) is 40.8 Å². The Morgan fingerprint density at radius 1 is 0.969 bits per heavy atom. The number of rotatable bonds is 15. The van der Waals surface area contributed by atoms with E-state index in [1.54, 1.807) is 24.3 Å². The normalized spacial score (nSPS) is 27.7. The van der Waals surface area contributed by atoms with Gasteiger partial charge in [-0.1, -0.05) is 63.3 Å². The first-order chi connectivity index (χ1) is 15.6. The summed E-state index contributed by atoms with van der Waals surface area (Å²) in [6.45, 7) is 8.08. The van der Waals surface area contributed by atoms with Crippen molar-refractivity contribution >= 4 is 12.7 Å². The lowest BCUT2D eigenvalue weighted by molar-refractivity contribution is -0.144. The van der Waals surface area contributed by atoms with E-state index in [1.807, 2.05) is 6.07 Å². The van der Waals surface area contributed by atoms with Crippen LogP contribution in [0.5, 0.6) is 0 Å². The molecule has 1 aromatic carbocycles. The molecule has 5 atom stereocenters. The zero-order chi connectivity index (χ0) is 23.2. The summed E-state index contributed by atoms with van der Waals surface area (Å²) >= 11 is 0. The van der Waals surface area contributed by atoms with Gasteiger partial charge in [0.15, 0.2) is 0 Å². The topological polar surface area (TPSA) is 103 Å². The largest absolute Gasteiger partial charge is 0.379 e. The molecule has 1 aromatic rings. The molecule has 0 bridgehead atoms. The van der Waals surface area contributed by atoms with Gasteiger partial charge < -0.3 is 18.7 Å². The van der Waals surface area contributed by atoms with Crippen LogP contribution in [0.3, 0.4) is 0 Å². The number of unbranched alkanes of at least 4 members (excludes halogenated alkanes) is 3. The zero-order valence-electron chi connectivity index (χ0n) is 19.6. The molecule has 0 aliphatic carbocycles. The maximum atomic E-state index is 14.3. The molecular weight excluding hydrogens is 429 g/mol. The van der Waals surface area contributed by atoms with E-state index in [0.717, 1.165) is 38.5 Å². The van der Waals surface area contributed by atoms with Crippen molar-refractivity contribution in [2.75, 3.05) is 26.4 Å². The molecular formula is C23H38N3O5P. The first-order valence-corrected chi connectivity index (χ1v) is 13.5. The van der Waals surface area contributed by atoms with Crippen LogP contribution in [0.2, 0.25) is 0 Å². The lowest BCUT2D eigenvalue weighted by Gasteiger charge is -2.44. The fraction of sp³-hybridized carbons (Fsp3) is 0.739. The van der Waals surface area contributed by atoms with E-state index in [4.69, 9.17) is 18.7 Å². The Morgan fingerprint density at radius 3 is 2.16 bits per heavy atom. The lowest BCUT2D eigenvalue weighted by Crippen LogP contribution is -2.55. The summed E-state index contributed by atoms with van der Waals surface area (Å²) in [5.41, 5.74) is 9.31. The summed E-state index contributed by atoms with van der Waals surface area (Å²) in [6, 6.07) is 8.94. The molecule has 0 amide bonds. The van der Waals surface area contributed by atoms with E-state index in [1.165, 1.54) is 0 Å². The van der Waals surface area contributed by atoms with Crippen molar-refractivity contribution in [3.8, 4) is 0 Å². The van der Waals surface area contributed by atoms with Crippen molar-refractivity contribution in [1.29, 1.82) is 0 Å². The van der Waals surface area contributed by atoms with Crippen molar-refractivity contribution in [2.24, 2.45) is 5.11 Å². The van der Waals surface area contributed by atoms with E-state index in [-0.39, 0.29) is 6.61 Å². The molecule has 1 heterocycles. The van der Waals surface area contributed by atoms with Crippen LogP contribution in [0.25, 0.3) is 10.4 Å². The quantitative estimate of drug-likeness (QED) is 0.106. The fourth-order valence-corrected chi connectivity index (χ4v) is 6.16. The minimum atomic E-state index is -3.59. The molecule has 2 rings (SSSR count). The van der Waals surface area contributed by atoms with Crippen molar-refractivity contribution in [1.82, 2.24) is 0 Å². The third-order valence-corrected chi connectivity index (χ3v) is 8.15. The van der Waals surface area contributed by atoms with Gasteiger partial charge in [-0.05, 0) is 36.9 Å². The molecule has 0 N–H and O–H groups in total. The Kier molecular flexibility index (Phi) is 12.3. The van der Waals surface area contributed by atoms with Crippen LogP contribution >= 0.6 is 7.37 Å². The number of azide groups is 1. The predicted molar refractivity (Wildman–Crippen MR) is 127 cm³/mol. The monoisotopic (exact) mass is 467 g/mol. The first-order valence-electron chi connectivity index (χ1n) is 11.8. The van der Waals surface area contributed by atoms with Crippen LogP contribution in [0.15, 0.2) is 35.4 Å². The average molecular weight is 468 g/mol. The van der Waals surface area contributed by atoms with Crippen LogP contribution in [-0.4, -0.2) is 50.5 Å². The number of benzene rings is 1. The van der Waals surface area contributed by atoms with Gasteiger partial charge in [0.1, 0.15) is 24.1 Å². The summed E-state index contributed by atoms with van der Waals surface area (Å²) in [7, 11) is -3.59. The minimum Gasteiger partial charge on any atom is -0.379 e. The second kappa shape index (κ2) is 14.7. The van der Waals surface area contributed by atoms with E-state index < -0.39 is 31.5 Å². The van der Waals surface area contributed by atoms with Gasteiger partial charge >= 0.3 is 0 Å². The highest BCUT2D eigenvalue weighted by atomic mass is 31.2. The molecule has 1 saturated heterocycles. The third kappa shape index (κ3) is 7.31. The fourth-order valence-electron chi connectivity index (χ4n) is 3.62. The molecule has 0 radical (unpaired) electrons. The van der Waals surface area contributed by atoms with E-state index >= 15 is 0 Å². The van der Waals surface area contributed by atoms with E-state index in [9.17, 15) is 10.1 Å². The van der Waals surface area contributed by atoms with Gasteiger partial charge in [-0.15, -0.1) is 0 Å². The van der Waals surface area contributed by atoms with Gasteiger partial charge in [0.2, 0.25) is 7.37 Å². The summed E-state index contributed by atoms with van der Waals surface area (Å²) in [5.74, 6) is -1.01. The number of hydrogen-bond donors (Lipinski definition) is 0. The second-order valence-corrected chi connectivity index (χ2v) is 10.5. The Bertz CT molecular complexity index is 744. The lowest BCUT2D eigenvalue weighted by atomic mass is 10.1. The van der Waals surface area contributed by atoms with Crippen LogP contribution < -0.4 is 5.30 Å². The predicted octanol–water partition coefficient (Wildman–Crippen LogP) is 5.81. The summed E-state index contributed by atoms with van der Waals surface area (Å²) < 4.78 is 38.8. The second-order valence-electron chi connectivity index (χ2n) is 8.00. The standard InChI is InChI=1S/C23H38N3O5P/c1-4-7-15-28-18-20-21(29-16-8-5-2)22(30-17-9-6-3)23(25-26-24)32(27,31-20)19-13-11-10-12-14-19/h10-14,20-23H,4-9,15-18H2,1-3H3. The SMILES string of the molecule is CCCCOCC1OP(=O)(c2ccccc2)C(N=[N+]=[N-])C(OCCCC)C1OCCCC. The molecule has 180 valence electrons. The maximum Gasteiger partial charge on any atom is 0.244 e. The van der Waals surface area contributed by atoms with Crippen LogP contribution in [0.4, 0.5) is 0 Å². The molecule has 1 fully saturated rings. The van der Waals surface area contributed by atoms with Gasteiger partial charge in [-0.25, -0.2) is 0 Å². The molecule has 1 aliphatic rings. The van der Waals surface area contributed by atoms with Crippen LogP contribution in [-0.2, 0) is 23.3 Å². The molecule has 9 heteroatoms. The highest BCUT2D eigenvalue weighted by Gasteiger charge is 2.54. The van der Waals surface area contributed by atoms with E-state index in [0.29, 0.717) is 25.1 Å². The number of ether oxygens (including phenoxy) is 3. The van der Waals surface area contributed by atoms with Gasteiger partial charge in [-0.2, -0.15) is 0 Å². The van der Waals surface area contributed by atoms with Gasteiger partial charge in [-0.3, -0.25) is 4.57 Å². The van der Waals surface area contributed by atoms with E-state index in [2.05, 4.69) is 30.8 Å². The number of nitrogens with zero attached hydrogens (tertiary/aromatic N) is 3. The van der Waals surface area contributed by atoms with Crippen LogP contribution in [0.1, 0.15) is 59.3 Å². The molecule has 5 unspecified atom stereocenters. The zero-order valence-corrected chi connectivity index (χ0v) is 20.5. The summed E-state index contributed by atoms with van der Waals surface area (Å²) in [5, 5.41) is 4.45. The minimum absolute atomic E-state index is 0.240. The molecule has 0 spiro atoms. The molecule has 32 heavy (non-hydrogen) atoms. The van der Waals surface area contributed by atoms with Gasteiger partial charge in [0.25, 0.3) is 0 Å². The Labute approximate surface area is 192 Å².